The van der Waals surface area contributed by atoms with Gasteiger partial charge in [0.05, 0.1) is 27.7 Å². The average Bonchev–Trinajstić information content (AvgIpc) is 2.14. The highest BCUT2D eigenvalue weighted by Crippen LogP contribution is 2.02. The number of unbranched alkanes of at least 4 members (excludes halogenated alkanes) is 3. The summed E-state index contributed by atoms with van der Waals surface area (Å²) < 4.78 is 1.03. The standard InChI is InChI=1S/C13H26N2O.ClH/c1-12(2)13(16)14-10-8-6-7-9-11-15(3,4)5;/h1,6-11H2,2-5H3;1H. The molecule has 0 aliphatic heterocycles. The van der Waals surface area contributed by atoms with Crippen LogP contribution in [0.3, 0.4) is 0 Å². The summed E-state index contributed by atoms with van der Waals surface area (Å²) in [6.07, 6.45) is 4.77. The number of nitrogens with one attached hydrogen (secondary N) is 1. The Morgan fingerprint density at radius 3 is 2.12 bits per heavy atom. The van der Waals surface area contributed by atoms with Gasteiger partial charge < -0.3 is 22.2 Å². The van der Waals surface area contributed by atoms with Crippen LogP contribution in [-0.2, 0) is 4.79 Å². The summed E-state index contributed by atoms with van der Waals surface area (Å²) in [6, 6.07) is 0. The Hall–Kier alpha value is -0.540. The number of carbonyl (C=O) groups excluding carboxylic acids is 1. The highest BCUT2D eigenvalue weighted by Gasteiger charge is 2.05. The zero-order valence-corrected chi connectivity index (χ0v) is 12.4. The number of hydrogen-bond donors (Lipinski definition) is 1. The Labute approximate surface area is 112 Å². The number of amides is 1. The second-order valence-electron chi connectivity index (χ2n) is 5.46. The van der Waals surface area contributed by atoms with Gasteiger partial charge in [-0.05, 0) is 26.2 Å². The zero-order valence-electron chi connectivity index (χ0n) is 11.7. The fourth-order valence-electron chi connectivity index (χ4n) is 1.42. The lowest BCUT2D eigenvalue weighted by molar-refractivity contribution is -0.870. The third-order valence-corrected chi connectivity index (χ3v) is 2.43. The third-order valence-electron chi connectivity index (χ3n) is 2.43. The van der Waals surface area contributed by atoms with Crippen molar-refractivity contribution in [1.29, 1.82) is 0 Å². The van der Waals surface area contributed by atoms with Crippen LogP contribution in [0, 0.1) is 0 Å². The van der Waals surface area contributed by atoms with E-state index in [1.54, 1.807) is 6.92 Å². The van der Waals surface area contributed by atoms with Crippen molar-refractivity contribution in [2.45, 2.75) is 32.6 Å². The lowest BCUT2D eigenvalue weighted by Crippen LogP contribution is -3.00. The molecule has 0 heterocycles. The number of rotatable bonds is 8. The highest BCUT2D eigenvalue weighted by atomic mass is 35.5. The maximum Gasteiger partial charge on any atom is 0.246 e. The molecule has 0 aromatic rings. The van der Waals surface area contributed by atoms with E-state index in [2.05, 4.69) is 33.0 Å². The van der Waals surface area contributed by atoms with Crippen LogP contribution in [0.5, 0.6) is 0 Å². The van der Waals surface area contributed by atoms with Gasteiger partial charge in [0.2, 0.25) is 5.91 Å². The lowest BCUT2D eigenvalue weighted by atomic mass is 10.2. The number of halogens is 1. The molecule has 0 aromatic heterocycles. The van der Waals surface area contributed by atoms with Gasteiger partial charge in [-0.25, -0.2) is 0 Å². The largest absolute Gasteiger partial charge is 1.00 e. The Kier molecular flexibility index (Phi) is 10.5. The number of quaternary nitrogens is 1. The van der Waals surface area contributed by atoms with E-state index in [1.165, 1.54) is 25.8 Å². The van der Waals surface area contributed by atoms with Crippen molar-refractivity contribution >= 4 is 5.91 Å². The van der Waals surface area contributed by atoms with Gasteiger partial charge in [-0.15, -0.1) is 0 Å². The van der Waals surface area contributed by atoms with E-state index in [4.69, 9.17) is 0 Å². The first-order valence-electron chi connectivity index (χ1n) is 6.07. The summed E-state index contributed by atoms with van der Waals surface area (Å²) in [7, 11) is 6.65. The molecule has 3 nitrogen and oxygen atoms in total. The summed E-state index contributed by atoms with van der Waals surface area (Å²) in [6.45, 7) is 7.32. The van der Waals surface area contributed by atoms with Gasteiger partial charge in [0.25, 0.3) is 0 Å². The molecule has 0 unspecified atom stereocenters. The molecule has 0 rings (SSSR count). The normalized spacial score (nSPS) is 10.6. The predicted octanol–water partition coefficient (Wildman–Crippen LogP) is -1.05. The molecular formula is C13H27ClN2O. The van der Waals surface area contributed by atoms with Crippen molar-refractivity contribution in [1.82, 2.24) is 5.32 Å². The first-order valence-corrected chi connectivity index (χ1v) is 6.07. The molecule has 4 heteroatoms. The van der Waals surface area contributed by atoms with E-state index in [0.29, 0.717) is 5.57 Å². The van der Waals surface area contributed by atoms with Crippen molar-refractivity contribution in [2.24, 2.45) is 0 Å². The van der Waals surface area contributed by atoms with Gasteiger partial charge >= 0.3 is 0 Å². The zero-order chi connectivity index (χ0) is 12.6. The van der Waals surface area contributed by atoms with Crippen LogP contribution in [0.4, 0.5) is 0 Å². The highest BCUT2D eigenvalue weighted by molar-refractivity contribution is 5.91. The Balaban J connectivity index is 0. The van der Waals surface area contributed by atoms with Crippen molar-refractivity contribution in [3.05, 3.63) is 12.2 Å². The molecule has 0 bridgehead atoms. The minimum atomic E-state index is -0.0219. The summed E-state index contributed by atoms with van der Waals surface area (Å²) >= 11 is 0. The van der Waals surface area contributed by atoms with Gasteiger partial charge in [-0.1, -0.05) is 13.0 Å². The minimum absolute atomic E-state index is 0. The summed E-state index contributed by atoms with van der Waals surface area (Å²) in [5, 5.41) is 2.85. The molecular weight excluding hydrogens is 236 g/mol. The van der Waals surface area contributed by atoms with E-state index >= 15 is 0 Å². The van der Waals surface area contributed by atoms with Gasteiger partial charge in [-0.2, -0.15) is 0 Å². The van der Waals surface area contributed by atoms with E-state index in [9.17, 15) is 4.79 Å². The van der Waals surface area contributed by atoms with Crippen molar-refractivity contribution in [2.75, 3.05) is 34.2 Å². The van der Waals surface area contributed by atoms with Gasteiger partial charge in [0, 0.05) is 12.1 Å². The molecule has 1 amide bonds. The van der Waals surface area contributed by atoms with Crippen LogP contribution in [0.2, 0.25) is 0 Å². The van der Waals surface area contributed by atoms with Crippen LogP contribution in [0.15, 0.2) is 12.2 Å². The van der Waals surface area contributed by atoms with Crippen LogP contribution >= 0.6 is 0 Å². The van der Waals surface area contributed by atoms with E-state index < -0.39 is 0 Å². The molecule has 0 spiro atoms. The van der Waals surface area contributed by atoms with Gasteiger partial charge in [0.1, 0.15) is 0 Å². The van der Waals surface area contributed by atoms with Gasteiger partial charge in [0.15, 0.2) is 0 Å². The Morgan fingerprint density at radius 1 is 1.12 bits per heavy atom. The third kappa shape index (κ3) is 13.4. The smallest absolute Gasteiger partial charge is 0.246 e. The summed E-state index contributed by atoms with van der Waals surface area (Å²) in [4.78, 5) is 11.2. The molecule has 0 saturated heterocycles. The number of nitrogens with zero attached hydrogens (tertiary/aromatic N) is 1. The Bertz CT molecular complexity index is 234. The number of hydrogen-bond acceptors (Lipinski definition) is 1. The van der Waals surface area contributed by atoms with Crippen molar-refractivity contribution < 1.29 is 21.7 Å². The quantitative estimate of drug-likeness (QED) is 0.338. The maximum atomic E-state index is 11.2. The van der Waals surface area contributed by atoms with E-state index in [1.807, 2.05) is 0 Å². The van der Waals surface area contributed by atoms with Crippen LogP contribution in [0.1, 0.15) is 32.6 Å². The van der Waals surface area contributed by atoms with Gasteiger partial charge in [-0.3, -0.25) is 4.79 Å². The predicted molar refractivity (Wildman–Crippen MR) is 69.2 cm³/mol. The topological polar surface area (TPSA) is 29.1 Å². The van der Waals surface area contributed by atoms with Crippen molar-refractivity contribution in [3.8, 4) is 0 Å². The molecule has 0 radical (unpaired) electrons. The second kappa shape index (κ2) is 9.49. The molecule has 17 heavy (non-hydrogen) atoms. The first kappa shape index (κ1) is 18.8. The fraction of sp³-hybridized carbons (Fsp3) is 0.769. The van der Waals surface area contributed by atoms with Crippen molar-refractivity contribution in [3.63, 3.8) is 0 Å². The molecule has 102 valence electrons. The minimum Gasteiger partial charge on any atom is -1.00 e. The molecule has 0 aromatic carbocycles. The lowest BCUT2D eigenvalue weighted by Gasteiger charge is -2.23. The average molecular weight is 263 g/mol. The van der Waals surface area contributed by atoms with Crippen LogP contribution in [0.25, 0.3) is 0 Å². The summed E-state index contributed by atoms with van der Waals surface area (Å²) in [5.74, 6) is -0.0219. The Morgan fingerprint density at radius 2 is 1.65 bits per heavy atom. The van der Waals surface area contributed by atoms with Crippen LogP contribution < -0.4 is 17.7 Å². The van der Waals surface area contributed by atoms with E-state index in [-0.39, 0.29) is 18.3 Å². The summed E-state index contributed by atoms with van der Waals surface area (Å²) in [5.41, 5.74) is 0.588. The molecule has 0 atom stereocenters. The number of carbonyl (C=O) groups is 1. The molecule has 0 fully saturated rings. The second-order valence-corrected chi connectivity index (χ2v) is 5.46. The van der Waals surface area contributed by atoms with E-state index in [0.717, 1.165) is 17.4 Å². The fourth-order valence-corrected chi connectivity index (χ4v) is 1.42. The molecule has 0 aliphatic rings. The molecule has 1 N–H and O–H groups in total. The monoisotopic (exact) mass is 262 g/mol. The van der Waals surface area contributed by atoms with Crippen LogP contribution in [-0.4, -0.2) is 44.6 Å². The SMILES string of the molecule is C=C(C)C(=O)NCCCCCC[N+](C)(C)C.[Cl-]. The maximum absolute atomic E-state index is 11.2. The molecule has 0 saturated carbocycles. The molecule has 0 aliphatic carbocycles. The first-order chi connectivity index (χ1) is 7.33.